The lowest BCUT2D eigenvalue weighted by atomic mass is 9.57. The van der Waals surface area contributed by atoms with Crippen LogP contribution in [0.4, 0.5) is 0 Å². The molecule has 5 aliphatic rings. The van der Waals surface area contributed by atoms with Crippen LogP contribution in [0, 0.1) is 23.7 Å². The fourth-order valence-corrected chi connectivity index (χ4v) is 5.08. The minimum Gasteiger partial charge on any atom is -0.346 e. The third-order valence-corrected chi connectivity index (χ3v) is 6.49. The molecule has 4 nitrogen and oxygen atoms in total. The summed E-state index contributed by atoms with van der Waals surface area (Å²) in [6.45, 7) is 8.77. The first-order chi connectivity index (χ1) is 9.46. The van der Waals surface area contributed by atoms with Crippen molar-refractivity contribution in [1.82, 2.24) is 0 Å². The van der Waals surface area contributed by atoms with Crippen LogP contribution in [-0.2, 0) is 19.2 Å². The predicted octanol–water partition coefficient (Wildman–Crippen LogP) is 4.53. The van der Waals surface area contributed by atoms with Gasteiger partial charge in [-0.1, -0.05) is 28.7 Å². The average Bonchev–Trinajstić information content (AvgIpc) is 2.63. The second-order valence-electron chi connectivity index (χ2n) is 7.61. The quantitative estimate of drug-likeness (QED) is 0.616. The number of ether oxygens (including phenoxy) is 2. The summed E-state index contributed by atoms with van der Waals surface area (Å²) in [7, 11) is 0. The zero-order valence-electron chi connectivity index (χ0n) is 12.9. The molecular weight excluding hydrogens is 280 g/mol. The highest BCUT2D eigenvalue weighted by molar-refractivity contribution is 5.09. The van der Waals surface area contributed by atoms with Gasteiger partial charge in [0.2, 0.25) is 5.79 Å². The smallest absolute Gasteiger partial charge is 0.201 e. The Morgan fingerprint density at radius 2 is 1.64 bits per heavy atom. The van der Waals surface area contributed by atoms with Crippen LogP contribution in [0.5, 0.6) is 0 Å². The third kappa shape index (κ3) is 2.18. The Labute approximate surface area is 135 Å². The summed E-state index contributed by atoms with van der Waals surface area (Å²) in [5.41, 5.74) is -0.389. The van der Waals surface area contributed by atoms with Gasteiger partial charge in [-0.05, 0) is 50.9 Å². The highest BCUT2D eigenvalue weighted by atomic mass is 17.3. The molecule has 4 heteroatoms. The maximum Gasteiger partial charge on any atom is 0.201 e. The monoisotopic (exact) mass is 314 g/mol. The second kappa shape index (κ2) is 5.73. The largest absolute Gasteiger partial charge is 0.346 e. The lowest BCUT2D eigenvalue weighted by molar-refractivity contribution is -0.570. The summed E-state index contributed by atoms with van der Waals surface area (Å²) >= 11 is 0. The first-order valence-corrected chi connectivity index (χ1v) is 8.16. The Bertz CT molecular complexity index is 410. The zero-order chi connectivity index (χ0) is 14.1. The van der Waals surface area contributed by atoms with E-state index in [4.69, 9.17) is 19.2 Å². The van der Waals surface area contributed by atoms with E-state index >= 15 is 0 Å². The molecule has 0 aromatic rings. The molecule has 130 valence electrons. The van der Waals surface area contributed by atoms with Crippen molar-refractivity contribution in [1.29, 1.82) is 0 Å². The molecule has 0 N–H and O–H groups in total. The SMILES string of the molecule is C.C.CC1O[C@@H]2O[C@@]3(C)CC[C@H]4[C@H](C)CC[C@@H]([C@H]1C)[C@@]24OO3. The van der Waals surface area contributed by atoms with Crippen LogP contribution < -0.4 is 0 Å². The molecular formula is C18H34O4. The van der Waals surface area contributed by atoms with Crippen LogP contribution in [0.2, 0.25) is 0 Å². The lowest BCUT2D eigenvalue weighted by Gasteiger charge is -2.60. The van der Waals surface area contributed by atoms with Crippen molar-refractivity contribution < 1.29 is 19.2 Å². The van der Waals surface area contributed by atoms with E-state index in [-0.39, 0.29) is 32.8 Å². The average molecular weight is 314 g/mol. The van der Waals surface area contributed by atoms with Gasteiger partial charge in [0.25, 0.3) is 0 Å². The first-order valence-electron chi connectivity index (χ1n) is 8.16. The fraction of sp³-hybridized carbons (Fsp3) is 1.00. The lowest BCUT2D eigenvalue weighted by Crippen LogP contribution is -2.70. The van der Waals surface area contributed by atoms with Gasteiger partial charge in [0, 0.05) is 12.3 Å². The van der Waals surface area contributed by atoms with Gasteiger partial charge in [-0.3, -0.25) is 0 Å². The van der Waals surface area contributed by atoms with Crippen LogP contribution in [0.1, 0.15) is 68.2 Å². The molecule has 4 saturated heterocycles. The highest BCUT2D eigenvalue weighted by Gasteiger charge is 2.68. The molecule has 1 unspecified atom stereocenters. The van der Waals surface area contributed by atoms with Crippen molar-refractivity contribution in [3.63, 3.8) is 0 Å². The molecule has 2 bridgehead atoms. The molecule has 4 aliphatic heterocycles. The molecule has 22 heavy (non-hydrogen) atoms. The Morgan fingerprint density at radius 1 is 0.909 bits per heavy atom. The van der Waals surface area contributed by atoms with E-state index < -0.39 is 5.79 Å². The maximum atomic E-state index is 6.23. The maximum absolute atomic E-state index is 6.23. The molecule has 4 heterocycles. The second-order valence-corrected chi connectivity index (χ2v) is 7.61. The number of hydrogen-bond donors (Lipinski definition) is 0. The summed E-state index contributed by atoms with van der Waals surface area (Å²) in [6, 6.07) is 0. The summed E-state index contributed by atoms with van der Waals surface area (Å²) < 4.78 is 12.5. The van der Waals surface area contributed by atoms with E-state index in [1.807, 2.05) is 6.92 Å². The third-order valence-electron chi connectivity index (χ3n) is 6.49. The molecule has 5 rings (SSSR count). The van der Waals surface area contributed by atoms with Gasteiger partial charge < -0.3 is 9.47 Å². The Morgan fingerprint density at radius 3 is 2.36 bits per heavy atom. The van der Waals surface area contributed by atoms with Gasteiger partial charge in [-0.15, -0.1) is 0 Å². The topological polar surface area (TPSA) is 36.9 Å². The predicted molar refractivity (Wildman–Crippen MR) is 86.0 cm³/mol. The molecule has 8 atom stereocenters. The fourth-order valence-electron chi connectivity index (χ4n) is 5.08. The van der Waals surface area contributed by atoms with Crippen molar-refractivity contribution in [3.8, 4) is 0 Å². The summed E-state index contributed by atoms with van der Waals surface area (Å²) in [4.78, 5) is 11.8. The Balaban J connectivity index is 0.000000882. The number of hydrogen-bond acceptors (Lipinski definition) is 4. The first kappa shape index (κ1) is 18.2. The molecule has 0 aromatic heterocycles. The van der Waals surface area contributed by atoms with Crippen molar-refractivity contribution in [2.45, 2.75) is 92.0 Å². The standard InChI is InChI=1S/C16H26O4.2CH4/c1-9-5-6-13-10(2)11(3)17-14-16(13)12(9)7-8-15(4,18-14)19-20-16;;/h9-14H,5-8H2,1-4H3;2*1H4/t9-,10+,11?,12+,13+,14-,15-,16-;;/m1../s1. The molecule has 1 spiro atoms. The van der Waals surface area contributed by atoms with E-state index in [0.717, 1.165) is 12.8 Å². The minimum atomic E-state index is -0.641. The van der Waals surface area contributed by atoms with Gasteiger partial charge in [-0.25, -0.2) is 9.78 Å². The van der Waals surface area contributed by atoms with Gasteiger partial charge in [0.1, 0.15) is 0 Å². The molecule has 5 fully saturated rings. The van der Waals surface area contributed by atoms with Gasteiger partial charge in [0.15, 0.2) is 11.9 Å². The van der Waals surface area contributed by atoms with Crippen LogP contribution in [0.15, 0.2) is 0 Å². The summed E-state index contributed by atoms with van der Waals surface area (Å²) in [5.74, 6) is 1.44. The molecule has 0 radical (unpaired) electrons. The van der Waals surface area contributed by atoms with Crippen LogP contribution in [-0.4, -0.2) is 23.8 Å². The van der Waals surface area contributed by atoms with Crippen molar-refractivity contribution >= 4 is 0 Å². The summed E-state index contributed by atoms with van der Waals surface area (Å²) in [5, 5.41) is 0. The van der Waals surface area contributed by atoms with Gasteiger partial charge >= 0.3 is 0 Å². The van der Waals surface area contributed by atoms with Crippen molar-refractivity contribution in [2.75, 3.05) is 0 Å². The van der Waals surface area contributed by atoms with E-state index in [9.17, 15) is 0 Å². The normalized spacial score (nSPS) is 56.2. The number of fused-ring (bicyclic) bond motifs is 2. The van der Waals surface area contributed by atoms with Crippen molar-refractivity contribution in [3.05, 3.63) is 0 Å². The Kier molecular flexibility index (Phi) is 4.73. The van der Waals surface area contributed by atoms with Crippen molar-refractivity contribution in [2.24, 2.45) is 23.7 Å². The van der Waals surface area contributed by atoms with Crippen LogP contribution in [0.25, 0.3) is 0 Å². The summed E-state index contributed by atoms with van der Waals surface area (Å²) in [6.07, 6.45) is 4.41. The molecule has 0 aromatic carbocycles. The molecule has 1 saturated carbocycles. The minimum absolute atomic E-state index is 0. The van der Waals surface area contributed by atoms with Gasteiger partial charge in [-0.2, -0.15) is 0 Å². The Hall–Kier alpha value is -0.160. The van der Waals surface area contributed by atoms with E-state index in [0.29, 0.717) is 23.7 Å². The molecule has 1 aliphatic carbocycles. The highest BCUT2D eigenvalue weighted by Crippen LogP contribution is 2.60. The molecule has 0 amide bonds. The number of rotatable bonds is 0. The zero-order valence-corrected chi connectivity index (χ0v) is 12.9. The van der Waals surface area contributed by atoms with E-state index in [1.54, 1.807) is 0 Å². The van der Waals surface area contributed by atoms with E-state index in [1.165, 1.54) is 12.8 Å². The van der Waals surface area contributed by atoms with Crippen LogP contribution >= 0.6 is 0 Å². The van der Waals surface area contributed by atoms with Crippen LogP contribution in [0.3, 0.4) is 0 Å². The van der Waals surface area contributed by atoms with E-state index in [2.05, 4.69) is 20.8 Å². The van der Waals surface area contributed by atoms with Gasteiger partial charge in [0.05, 0.1) is 6.10 Å².